The van der Waals surface area contributed by atoms with Gasteiger partial charge >= 0.3 is 6.09 Å². The lowest BCUT2D eigenvalue weighted by molar-refractivity contribution is -0.122. The Bertz CT molecular complexity index is 560. The number of carbonyl (C=O) groups is 2. The average molecular weight is 555 g/mol. The van der Waals surface area contributed by atoms with Gasteiger partial charge in [0.25, 0.3) is 0 Å². The number of aliphatic imine (C=N–C) groups is 1. The zero-order valence-electron chi connectivity index (χ0n) is 20.0. The van der Waals surface area contributed by atoms with Crippen LogP contribution in [0.25, 0.3) is 0 Å². The van der Waals surface area contributed by atoms with E-state index in [1.807, 2.05) is 27.7 Å². The topological polar surface area (TPSA) is 107 Å². The van der Waals surface area contributed by atoms with Crippen LogP contribution in [-0.4, -0.2) is 80.3 Å². The smallest absolute Gasteiger partial charge is 0.407 e. The standard InChI is InChI=1S/C21H42N6O3.HI/c1-7-9-17(26-20(29)30-21(3,4)5)14-24-19(23-8-2)25-16-10-12-27(13-11-16)15-18(28)22-6;/h16-17H,7-15H2,1-6H3,(H,22,28)(H,26,29)(H2,23,24,25);1H. The number of likely N-dealkylation sites (tertiary alicyclic amines) is 1. The summed E-state index contributed by atoms with van der Waals surface area (Å²) >= 11 is 0. The van der Waals surface area contributed by atoms with Crippen LogP contribution in [0.2, 0.25) is 0 Å². The molecule has 4 N–H and O–H groups in total. The van der Waals surface area contributed by atoms with Gasteiger partial charge in [-0.2, -0.15) is 0 Å². The molecule has 182 valence electrons. The van der Waals surface area contributed by atoms with E-state index in [0.29, 0.717) is 19.1 Å². The maximum atomic E-state index is 12.1. The molecule has 1 atom stereocenters. The highest BCUT2D eigenvalue weighted by atomic mass is 127. The number of piperidine rings is 1. The van der Waals surface area contributed by atoms with Gasteiger partial charge in [0.05, 0.1) is 19.1 Å². The van der Waals surface area contributed by atoms with Crippen molar-refractivity contribution in [1.29, 1.82) is 0 Å². The van der Waals surface area contributed by atoms with E-state index >= 15 is 0 Å². The SMILES string of the molecule is CCCC(CN=C(NCC)NC1CCN(CC(=O)NC)CC1)NC(=O)OC(C)(C)C.I. The first-order valence-electron chi connectivity index (χ1n) is 11.1. The summed E-state index contributed by atoms with van der Waals surface area (Å²) in [6.07, 6.45) is 3.29. The van der Waals surface area contributed by atoms with Crippen LogP contribution in [0.3, 0.4) is 0 Å². The quantitative estimate of drug-likeness (QED) is 0.198. The molecule has 0 bridgehead atoms. The minimum absolute atomic E-state index is 0. The lowest BCUT2D eigenvalue weighted by Crippen LogP contribution is -2.50. The summed E-state index contributed by atoms with van der Waals surface area (Å²) in [4.78, 5) is 30.5. The van der Waals surface area contributed by atoms with E-state index < -0.39 is 11.7 Å². The molecule has 0 aliphatic carbocycles. The minimum Gasteiger partial charge on any atom is -0.444 e. The van der Waals surface area contributed by atoms with E-state index in [1.165, 1.54) is 0 Å². The molecular formula is C21H43IN6O3. The number of nitrogens with one attached hydrogen (secondary N) is 4. The molecule has 1 saturated heterocycles. The van der Waals surface area contributed by atoms with E-state index in [9.17, 15) is 9.59 Å². The molecule has 0 aromatic rings. The number of likely N-dealkylation sites (N-methyl/N-ethyl adjacent to an activating group) is 1. The molecule has 0 radical (unpaired) electrons. The van der Waals surface area contributed by atoms with Gasteiger partial charge in [-0.1, -0.05) is 13.3 Å². The summed E-state index contributed by atoms with van der Waals surface area (Å²) in [7, 11) is 1.67. The van der Waals surface area contributed by atoms with E-state index in [-0.39, 0.29) is 35.9 Å². The molecule has 9 nitrogen and oxygen atoms in total. The van der Waals surface area contributed by atoms with Crippen LogP contribution in [0.4, 0.5) is 4.79 Å². The molecule has 31 heavy (non-hydrogen) atoms. The summed E-state index contributed by atoms with van der Waals surface area (Å²) in [6.45, 7) is 13.1. The maximum absolute atomic E-state index is 12.1. The molecule has 0 saturated carbocycles. The molecule has 0 aromatic carbocycles. The Morgan fingerprint density at radius 3 is 2.35 bits per heavy atom. The van der Waals surface area contributed by atoms with Gasteiger partial charge < -0.3 is 26.0 Å². The Balaban J connectivity index is 0.00000900. The Kier molecular flexibility index (Phi) is 14.8. The molecule has 1 aliphatic heterocycles. The number of amides is 2. The summed E-state index contributed by atoms with van der Waals surface area (Å²) < 4.78 is 5.37. The fraction of sp³-hybridized carbons (Fsp3) is 0.857. The number of hydrogen-bond acceptors (Lipinski definition) is 5. The van der Waals surface area contributed by atoms with Crippen LogP contribution in [0.1, 0.15) is 60.3 Å². The number of rotatable bonds is 9. The van der Waals surface area contributed by atoms with Crippen LogP contribution in [0.15, 0.2) is 4.99 Å². The van der Waals surface area contributed by atoms with Crippen LogP contribution in [0, 0.1) is 0 Å². The Morgan fingerprint density at radius 2 is 1.84 bits per heavy atom. The average Bonchev–Trinajstić information content (AvgIpc) is 2.66. The number of carbonyl (C=O) groups excluding carboxylic acids is 2. The molecule has 1 fully saturated rings. The number of ether oxygens (including phenoxy) is 1. The van der Waals surface area contributed by atoms with Gasteiger partial charge in [0.2, 0.25) is 5.91 Å². The van der Waals surface area contributed by atoms with Crippen molar-refractivity contribution in [3.8, 4) is 0 Å². The highest BCUT2D eigenvalue weighted by molar-refractivity contribution is 14.0. The van der Waals surface area contributed by atoms with E-state index in [1.54, 1.807) is 7.05 Å². The fourth-order valence-electron chi connectivity index (χ4n) is 3.26. The predicted octanol–water partition coefficient (Wildman–Crippen LogP) is 2.06. The summed E-state index contributed by atoms with van der Waals surface area (Å²) in [6, 6.07) is 0.238. The fourth-order valence-corrected chi connectivity index (χ4v) is 3.26. The lowest BCUT2D eigenvalue weighted by atomic mass is 10.1. The zero-order valence-corrected chi connectivity index (χ0v) is 22.4. The molecule has 1 unspecified atom stereocenters. The van der Waals surface area contributed by atoms with Gasteiger partial charge in [0.15, 0.2) is 5.96 Å². The molecule has 2 amide bonds. The summed E-state index contributed by atoms with van der Waals surface area (Å²) in [5, 5.41) is 12.4. The van der Waals surface area contributed by atoms with Crippen molar-refractivity contribution in [1.82, 2.24) is 26.2 Å². The monoisotopic (exact) mass is 554 g/mol. The second-order valence-corrected chi connectivity index (χ2v) is 8.72. The van der Waals surface area contributed by atoms with Crippen molar-refractivity contribution in [3.05, 3.63) is 0 Å². The first kappa shape index (κ1) is 29.7. The minimum atomic E-state index is -0.521. The number of nitrogens with zero attached hydrogens (tertiary/aromatic N) is 2. The third-order valence-electron chi connectivity index (χ3n) is 4.75. The largest absolute Gasteiger partial charge is 0.444 e. The molecule has 0 aromatic heterocycles. The molecule has 1 heterocycles. The predicted molar refractivity (Wildman–Crippen MR) is 136 cm³/mol. The van der Waals surface area contributed by atoms with Gasteiger partial charge in [-0.05, 0) is 47.0 Å². The maximum Gasteiger partial charge on any atom is 0.407 e. The second kappa shape index (κ2) is 15.5. The molecular weight excluding hydrogens is 511 g/mol. The number of guanidine groups is 1. The van der Waals surface area contributed by atoms with E-state index in [0.717, 1.165) is 51.3 Å². The van der Waals surface area contributed by atoms with Crippen LogP contribution in [0.5, 0.6) is 0 Å². The van der Waals surface area contributed by atoms with Gasteiger partial charge in [0, 0.05) is 32.7 Å². The molecule has 1 aliphatic rings. The van der Waals surface area contributed by atoms with Crippen molar-refractivity contribution in [2.45, 2.75) is 78.0 Å². The van der Waals surface area contributed by atoms with Crippen molar-refractivity contribution in [2.75, 3.05) is 39.8 Å². The first-order valence-corrected chi connectivity index (χ1v) is 11.1. The van der Waals surface area contributed by atoms with Gasteiger partial charge in [-0.15, -0.1) is 24.0 Å². The number of alkyl carbamates (subject to hydrolysis) is 1. The Labute approximate surface area is 204 Å². The highest BCUT2D eigenvalue weighted by Crippen LogP contribution is 2.10. The molecule has 0 spiro atoms. The van der Waals surface area contributed by atoms with Crippen molar-refractivity contribution < 1.29 is 14.3 Å². The normalized spacial score (nSPS) is 16.6. The molecule has 10 heteroatoms. The summed E-state index contributed by atoms with van der Waals surface area (Å²) in [5.74, 6) is 0.810. The highest BCUT2D eigenvalue weighted by Gasteiger charge is 2.22. The van der Waals surface area contributed by atoms with Crippen molar-refractivity contribution >= 4 is 41.9 Å². The van der Waals surface area contributed by atoms with Gasteiger partial charge in [-0.3, -0.25) is 14.7 Å². The first-order chi connectivity index (χ1) is 14.2. The Hall–Kier alpha value is -1.30. The lowest BCUT2D eigenvalue weighted by Gasteiger charge is -2.32. The van der Waals surface area contributed by atoms with E-state index in [2.05, 4.69) is 33.1 Å². The Morgan fingerprint density at radius 1 is 1.19 bits per heavy atom. The molecule has 1 rings (SSSR count). The van der Waals surface area contributed by atoms with Crippen LogP contribution >= 0.6 is 24.0 Å². The zero-order chi connectivity index (χ0) is 22.6. The number of halogens is 1. The second-order valence-electron chi connectivity index (χ2n) is 8.72. The van der Waals surface area contributed by atoms with Crippen molar-refractivity contribution in [3.63, 3.8) is 0 Å². The van der Waals surface area contributed by atoms with E-state index in [4.69, 9.17) is 9.73 Å². The van der Waals surface area contributed by atoms with Crippen molar-refractivity contribution in [2.24, 2.45) is 4.99 Å². The third kappa shape index (κ3) is 13.7. The van der Waals surface area contributed by atoms with Gasteiger partial charge in [0.1, 0.15) is 5.60 Å². The van der Waals surface area contributed by atoms with Crippen LogP contribution < -0.4 is 21.3 Å². The summed E-state index contributed by atoms with van der Waals surface area (Å²) in [5.41, 5.74) is -0.521. The van der Waals surface area contributed by atoms with Gasteiger partial charge in [-0.25, -0.2) is 4.79 Å². The third-order valence-corrected chi connectivity index (χ3v) is 4.75. The number of hydrogen-bond donors (Lipinski definition) is 4. The van der Waals surface area contributed by atoms with Crippen LogP contribution in [-0.2, 0) is 9.53 Å².